The minimum atomic E-state index is -1.49. The highest BCUT2D eigenvalue weighted by molar-refractivity contribution is 5.88. The van der Waals surface area contributed by atoms with Crippen LogP contribution in [-0.4, -0.2) is 24.5 Å². The van der Waals surface area contributed by atoms with Gasteiger partial charge in [-0.15, -0.1) is 9.98 Å². The molecule has 0 aliphatic carbocycles. The van der Waals surface area contributed by atoms with E-state index in [-0.39, 0.29) is 0 Å². The lowest BCUT2D eigenvalue weighted by atomic mass is 10.2. The standard InChI is InChI=1S/C9H10N2O4/c1-3-7(4-2)8(14)15-9(10-5-12)11-6-13/h3,9H,4H2,1-2H3. The Balaban J connectivity index is 4.61. The van der Waals surface area contributed by atoms with Crippen LogP contribution in [0.25, 0.3) is 0 Å². The molecule has 80 valence electrons. The van der Waals surface area contributed by atoms with E-state index in [2.05, 4.69) is 14.7 Å². The fourth-order valence-corrected chi connectivity index (χ4v) is 0.809. The van der Waals surface area contributed by atoms with Crippen LogP contribution in [0.5, 0.6) is 0 Å². The Kier molecular flexibility index (Phi) is 6.38. The van der Waals surface area contributed by atoms with Crippen LogP contribution in [0.4, 0.5) is 0 Å². The molecule has 0 aromatic rings. The lowest BCUT2D eigenvalue weighted by Gasteiger charge is -2.06. The summed E-state index contributed by atoms with van der Waals surface area (Å²) in [7, 11) is 0. The number of esters is 1. The average molecular weight is 210 g/mol. The Hall–Kier alpha value is -2.03. The predicted octanol–water partition coefficient (Wildman–Crippen LogP) is 0.841. The number of isocyanates is 2. The van der Waals surface area contributed by atoms with Gasteiger partial charge < -0.3 is 4.74 Å². The minimum absolute atomic E-state index is 0.405. The lowest BCUT2D eigenvalue weighted by molar-refractivity contribution is -0.143. The molecule has 0 atom stereocenters. The van der Waals surface area contributed by atoms with Gasteiger partial charge in [0.1, 0.15) is 0 Å². The summed E-state index contributed by atoms with van der Waals surface area (Å²) in [5.74, 6) is -0.678. The van der Waals surface area contributed by atoms with Crippen LogP contribution in [0.3, 0.4) is 0 Å². The maximum Gasteiger partial charge on any atom is 0.337 e. The fourth-order valence-electron chi connectivity index (χ4n) is 0.809. The van der Waals surface area contributed by atoms with Crippen molar-refractivity contribution in [2.24, 2.45) is 9.98 Å². The third-order valence-corrected chi connectivity index (χ3v) is 1.53. The number of ether oxygens (including phenoxy) is 1. The van der Waals surface area contributed by atoms with Crippen molar-refractivity contribution in [1.29, 1.82) is 0 Å². The molecule has 0 aliphatic heterocycles. The molecule has 0 radical (unpaired) electrons. The minimum Gasteiger partial charge on any atom is -0.414 e. The predicted molar refractivity (Wildman–Crippen MR) is 50.2 cm³/mol. The van der Waals surface area contributed by atoms with E-state index in [0.717, 1.165) is 12.2 Å². The van der Waals surface area contributed by atoms with Gasteiger partial charge in [0.15, 0.2) is 0 Å². The first-order valence-electron chi connectivity index (χ1n) is 4.19. The van der Waals surface area contributed by atoms with Crippen LogP contribution in [0.2, 0.25) is 0 Å². The highest BCUT2D eigenvalue weighted by atomic mass is 16.6. The molecule has 0 aromatic heterocycles. The molecule has 0 aliphatic rings. The van der Waals surface area contributed by atoms with Gasteiger partial charge in [-0.3, -0.25) is 0 Å². The summed E-state index contributed by atoms with van der Waals surface area (Å²) >= 11 is 0. The molecule has 0 spiro atoms. The molecule has 0 amide bonds. The molecule has 6 heteroatoms. The van der Waals surface area contributed by atoms with Crippen LogP contribution in [0.15, 0.2) is 21.6 Å². The summed E-state index contributed by atoms with van der Waals surface area (Å²) in [5, 5.41) is 0. The number of allylic oxidation sites excluding steroid dienone is 1. The zero-order chi connectivity index (χ0) is 11.7. The third kappa shape index (κ3) is 4.67. The van der Waals surface area contributed by atoms with E-state index in [4.69, 9.17) is 0 Å². The summed E-state index contributed by atoms with van der Waals surface area (Å²) in [5.41, 5.74) is 0.405. The van der Waals surface area contributed by atoms with Gasteiger partial charge in [-0.25, -0.2) is 14.4 Å². The first-order valence-corrected chi connectivity index (χ1v) is 4.19. The molecule has 0 aromatic carbocycles. The highest BCUT2D eigenvalue weighted by Crippen LogP contribution is 2.06. The van der Waals surface area contributed by atoms with Crippen LogP contribution >= 0.6 is 0 Å². The number of carbonyl (C=O) groups excluding carboxylic acids is 3. The van der Waals surface area contributed by atoms with E-state index in [1.165, 1.54) is 0 Å². The molecule has 0 bridgehead atoms. The number of hydrogen-bond acceptors (Lipinski definition) is 6. The molecular weight excluding hydrogens is 200 g/mol. The van der Waals surface area contributed by atoms with Gasteiger partial charge in [-0.1, -0.05) is 13.0 Å². The first kappa shape index (κ1) is 13.0. The molecule has 6 nitrogen and oxygen atoms in total. The summed E-state index contributed by atoms with van der Waals surface area (Å²) in [4.78, 5) is 37.1. The van der Waals surface area contributed by atoms with Crippen molar-refractivity contribution < 1.29 is 19.1 Å². The molecule has 0 heterocycles. The van der Waals surface area contributed by atoms with Crippen LogP contribution < -0.4 is 0 Å². The highest BCUT2D eigenvalue weighted by Gasteiger charge is 2.14. The van der Waals surface area contributed by atoms with Gasteiger partial charge in [0.25, 0.3) is 0 Å². The zero-order valence-electron chi connectivity index (χ0n) is 8.39. The third-order valence-electron chi connectivity index (χ3n) is 1.53. The summed E-state index contributed by atoms with van der Waals surface area (Å²) in [6.07, 6.45) is 2.82. The molecule has 0 saturated carbocycles. The Morgan fingerprint density at radius 2 is 1.93 bits per heavy atom. The van der Waals surface area contributed by atoms with Gasteiger partial charge in [-0.2, -0.15) is 0 Å². The monoisotopic (exact) mass is 210 g/mol. The molecular formula is C9H10N2O4. The second kappa shape index (κ2) is 7.38. The molecule has 0 saturated heterocycles. The second-order valence-electron chi connectivity index (χ2n) is 2.34. The van der Waals surface area contributed by atoms with Gasteiger partial charge >= 0.3 is 12.3 Å². The van der Waals surface area contributed by atoms with E-state index in [1.807, 2.05) is 0 Å². The Morgan fingerprint density at radius 1 is 1.40 bits per heavy atom. The number of carbonyl (C=O) groups is 1. The molecule has 0 unspecified atom stereocenters. The van der Waals surface area contributed by atoms with Crippen molar-refractivity contribution in [2.75, 3.05) is 0 Å². The molecule has 15 heavy (non-hydrogen) atoms. The van der Waals surface area contributed by atoms with E-state index in [0.29, 0.717) is 12.0 Å². The van der Waals surface area contributed by atoms with E-state index in [9.17, 15) is 14.4 Å². The van der Waals surface area contributed by atoms with Gasteiger partial charge in [0, 0.05) is 5.57 Å². The number of rotatable bonds is 5. The van der Waals surface area contributed by atoms with Crippen molar-refractivity contribution >= 4 is 18.1 Å². The van der Waals surface area contributed by atoms with Crippen molar-refractivity contribution in [3.05, 3.63) is 11.6 Å². The van der Waals surface area contributed by atoms with E-state index in [1.54, 1.807) is 19.9 Å². The van der Waals surface area contributed by atoms with E-state index < -0.39 is 12.3 Å². The van der Waals surface area contributed by atoms with Crippen molar-refractivity contribution in [3.8, 4) is 0 Å². The fraction of sp³-hybridized carbons (Fsp3) is 0.444. The zero-order valence-corrected chi connectivity index (χ0v) is 8.39. The van der Waals surface area contributed by atoms with Gasteiger partial charge in [0.2, 0.25) is 12.2 Å². The number of hydrogen-bond donors (Lipinski definition) is 0. The smallest absolute Gasteiger partial charge is 0.337 e. The Labute approximate surface area is 86.4 Å². The number of nitrogens with zero attached hydrogens (tertiary/aromatic N) is 2. The summed E-state index contributed by atoms with van der Waals surface area (Å²) in [6.45, 7) is 3.43. The quantitative estimate of drug-likeness (QED) is 0.291. The number of aliphatic imine (C=N–C) groups is 2. The van der Waals surface area contributed by atoms with Gasteiger partial charge in [-0.05, 0) is 13.3 Å². The van der Waals surface area contributed by atoms with Crippen LogP contribution in [0, 0.1) is 0 Å². The maximum atomic E-state index is 11.3. The van der Waals surface area contributed by atoms with Crippen LogP contribution in [-0.2, 0) is 19.1 Å². The van der Waals surface area contributed by atoms with Crippen molar-refractivity contribution in [2.45, 2.75) is 26.6 Å². The topological polar surface area (TPSA) is 85.2 Å². The molecule has 0 N–H and O–H groups in total. The Bertz CT molecular complexity index is 331. The first-order chi connectivity index (χ1) is 7.19. The molecule has 0 rings (SSSR count). The van der Waals surface area contributed by atoms with Crippen molar-refractivity contribution in [3.63, 3.8) is 0 Å². The summed E-state index contributed by atoms with van der Waals surface area (Å²) in [6, 6.07) is 0. The van der Waals surface area contributed by atoms with E-state index >= 15 is 0 Å². The summed E-state index contributed by atoms with van der Waals surface area (Å²) < 4.78 is 4.61. The SMILES string of the molecule is CC=C(CC)C(=O)OC(N=C=O)N=C=O. The largest absolute Gasteiger partial charge is 0.414 e. The van der Waals surface area contributed by atoms with Crippen molar-refractivity contribution in [1.82, 2.24) is 0 Å². The lowest BCUT2D eigenvalue weighted by Crippen LogP contribution is -2.15. The maximum absolute atomic E-state index is 11.3. The van der Waals surface area contributed by atoms with Gasteiger partial charge in [0.05, 0.1) is 0 Å². The Morgan fingerprint density at radius 3 is 2.27 bits per heavy atom. The normalized spacial score (nSPS) is 12.0. The average Bonchev–Trinajstić information content (AvgIpc) is 2.20. The molecule has 0 fully saturated rings. The second-order valence-corrected chi connectivity index (χ2v) is 2.34. The van der Waals surface area contributed by atoms with Crippen LogP contribution in [0.1, 0.15) is 20.3 Å².